The van der Waals surface area contributed by atoms with E-state index in [-0.39, 0.29) is 29.5 Å². The summed E-state index contributed by atoms with van der Waals surface area (Å²) in [6, 6.07) is 22.2. The third-order valence-corrected chi connectivity index (χ3v) is 4.95. The molecule has 0 bridgehead atoms. The van der Waals surface area contributed by atoms with Crippen molar-refractivity contribution in [3.63, 3.8) is 0 Å². The Balaban J connectivity index is 1.84. The summed E-state index contributed by atoms with van der Waals surface area (Å²) in [5, 5.41) is 5.38. The van der Waals surface area contributed by atoms with Crippen molar-refractivity contribution in [2.75, 3.05) is 11.4 Å². The van der Waals surface area contributed by atoms with E-state index in [0.29, 0.717) is 23.0 Å². The number of aromatic nitrogens is 2. The summed E-state index contributed by atoms with van der Waals surface area (Å²) < 4.78 is 14.7. The maximum Gasteiger partial charge on any atom is 0.279 e. The number of anilines is 1. The summed E-state index contributed by atoms with van der Waals surface area (Å²) in [5.74, 6) is -0.718. The Bertz CT molecular complexity index is 1250. The fourth-order valence-corrected chi connectivity index (χ4v) is 3.45. The predicted octanol–water partition coefficient (Wildman–Crippen LogP) is 4.25. The van der Waals surface area contributed by atoms with E-state index in [2.05, 4.69) is 5.10 Å². The molecule has 4 aromatic rings. The Labute approximate surface area is 173 Å². The van der Waals surface area contributed by atoms with Crippen LogP contribution in [0.15, 0.2) is 83.7 Å². The van der Waals surface area contributed by atoms with Crippen LogP contribution in [-0.4, -0.2) is 22.2 Å². The third-order valence-electron chi connectivity index (χ3n) is 4.95. The van der Waals surface area contributed by atoms with Gasteiger partial charge in [-0.25, -0.2) is 9.07 Å². The molecule has 0 radical (unpaired) electrons. The zero-order chi connectivity index (χ0) is 21.1. The first kappa shape index (κ1) is 19.5. The quantitative estimate of drug-likeness (QED) is 0.502. The smallest absolute Gasteiger partial charge is 0.279 e. The lowest BCUT2D eigenvalue weighted by atomic mass is 10.1. The minimum atomic E-state index is -0.373. The standard InChI is InChI=1S/C24H20FN3O2/c1-2-27(19-14-12-18(25)13-15-19)24(30)22-20-10-6-7-11-21(20)23(29)28(26-22)16-17-8-4-3-5-9-17/h3-15H,2,16H2,1H3. The number of hydrogen-bond acceptors (Lipinski definition) is 3. The number of fused-ring (bicyclic) bond motifs is 1. The first-order valence-corrected chi connectivity index (χ1v) is 9.69. The van der Waals surface area contributed by atoms with E-state index < -0.39 is 0 Å². The van der Waals surface area contributed by atoms with E-state index in [9.17, 15) is 14.0 Å². The van der Waals surface area contributed by atoms with Gasteiger partial charge in [-0.3, -0.25) is 9.59 Å². The number of rotatable bonds is 5. The molecule has 0 saturated heterocycles. The first-order valence-electron chi connectivity index (χ1n) is 9.69. The lowest BCUT2D eigenvalue weighted by molar-refractivity contribution is 0.0983. The van der Waals surface area contributed by atoms with Crippen molar-refractivity contribution in [2.24, 2.45) is 0 Å². The maximum atomic E-state index is 13.4. The Hall–Kier alpha value is -3.80. The summed E-state index contributed by atoms with van der Waals surface area (Å²) in [6.45, 7) is 2.47. The van der Waals surface area contributed by atoms with Crippen LogP contribution in [-0.2, 0) is 6.54 Å². The minimum absolute atomic E-state index is 0.187. The highest BCUT2D eigenvalue weighted by atomic mass is 19.1. The van der Waals surface area contributed by atoms with E-state index >= 15 is 0 Å². The zero-order valence-electron chi connectivity index (χ0n) is 16.5. The highest BCUT2D eigenvalue weighted by Gasteiger charge is 2.22. The molecular formula is C24H20FN3O2. The fraction of sp³-hybridized carbons (Fsp3) is 0.125. The molecule has 4 rings (SSSR count). The van der Waals surface area contributed by atoms with E-state index in [0.717, 1.165) is 5.56 Å². The van der Waals surface area contributed by atoms with Gasteiger partial charge >= 0.3 is 0 Å². The van der Waals surface area contributed by atoms with Gasteiger partial charge in [-0.15, -0.1) is 0 Å². The molecule has 1 heterocycles. The van der Waals surface area contributed by atoms with E-state index in [4.69, 9.17) is 0 Å². The molecule has 150 valence electrons. The second-order valence-corrected chi connectivity index (χ2v) is 6.87. The molecule has 6 heteroatoms. The SMILES string of the molecule is CCN(C(=O)c1nn(Cc2ccccc2)c(=O)c2ccccc12)c1ccc(F)cc1. The number of carbonyl (C=O) groups is 1. The normalized spacial score (nSPS) is 10.9. The molecule has 1 aromatic heterocycles. The van der Waals surface area contributed by atoms with E-state index in [1.807, 2.05) is 37.3 Å². The van der Waals surface area contributed by atoms with Crippen molar-refractivity contribution in [3.8, 4) is 0 Å². The van der Waals surface area contributed by atoms with Crippen LogP contribution >= 0.6 is 0 Å². The van der Waals surface area contributed by atoms with E-state index in [1.165, 1.54) is 21.7 Å². The van der Waals surface area contributed by atoms with Crippen LogP contribution in [0.25, 0.3) is 10.8 Å². The Morgan fingerprint density at radius 3 is 2.23 bits per heavy atom. The third kappa shape index (κ3) is 3.72. The summed E-state index contributed by atoms with van der Waals surface area (Å²) in [6.07, 6.45) is 0. The van der Waals surface area contributed by atoms with Crippen molar-refractivity contribution in [1.29, 1.82) is 0 Å². The van der Waals surface area contributed by atoms with Gasteiger partial charge in [-0.1, -0.05) is 48.5 Å². The minimum Gasteiger partial charge on any atom is -0.307 e. The summed E-state index contributed by atoms with van der Waals surface area (Å²) >= 11 is 0. The molecular weight excluding hydrogens is 381 g/mol. The monoisotopic (exact) mass is 401 g/mol. The lowest BCUT2D eigenvalue weighted by Gasteiger charge is -2.22. The molecule has 3 aromatic carbocycles. The highest BCUT2D eigenvalue weighted by Crippen LogP contribution is 2.21. The van der Waals surface area contributed by atoms with Crippen molar-refractivity contribution < 1.29 is 9.18 Å². The number of amides is 1. The van der Waals surface area contributed by atoms with Crippen molar-refractivity contribution in [1.82, 2.24) is 9.78 Å². The summed E-state index contributed by atoms with van der Waals surface area (Å²) in [4.78, 5) is 28.0. The maximum absolute atomic E-state index is 13.4. The summed E-state index contributed by atoms with van der Waals surface area (Å²) in [5.41, 5.74) is 1.41. The van der Waals surface area contributed by atoms with Crippen LogP contribution in [0.1, 0.15) is 23.0 Å². The van der Waals surface area contributed by atoms with E-state index in [1.54, 1.807) is 36.4 Å². The highest BCUT2D eigenvalue weighted by molar-refractivity contribution is 6.12. The first-order chi connectivity index (χ1) is 14.6. The number of hydrogen-bond donors (Lipinski definition) is 0. The molecule has 0 N–H and O–H groups in total. The van der Waals surface area contributed by atoms with Crippen LogP contribution < -0.4 is 10.5 Å². The lowest BCUT2D eigenvalue weighted by Crippen LogP contribution is -2.34. The molecule has 1 amide bonds. The number of halogens is 1. The van der Waals surface area contributed by atoms with Gasteiger partial charge in [0.2, 0.25) is 0 Å². The van der Waals surface area contributed by atoms with Crippen LogP contribution in [0.5, 0.6) is 0 Å². The van der Waals surface area contributed by atoms with Gasteiger partial charge in [-0.2, -0.15) is 5.10 Å². The Morgan fingerprint density at radius 2 is 1.57 bits per heavy atom. The average molecular weight is 401 g/mol. The van der Waals surface area contributed by atoms with Crippen molar-refractivity contribution in [2.45, 2.75) is 13.5 Å². The molecule has 0 atom stereocenters. The molecule has 5 nitrogen and oxygen atoms in total. The largest absolute Gasteiger partial charge is 0.307 e. The second-order valence-electron chi connectivity index (χ2n) is 6.87. The van der Waals surface area contributed by atoms with Crippen LogP contribution in [0.3, 0.4) is 0 Å². The van der Waals surface area contributed by atoms with Crippen LogP contribution in [0.2, 0.25) is 0 Å². The molecule has 0 aliphatic carbocycles. The van der Waals surface area contributed by atoms with Crippen LogP contribution in [0, 0.1) is 5.82 Å². The molecule has 0 aliphatic rings. The van der Waals surface area contributed by atoms with Gasteiger partial charge in [-0.05, 0) is 42.8 Å². The van der Waals surface area contributed by atoms with Gasteiger partial charge in [0.25, 0.3) is 11.5 Å². The Kier molecular flexibility index (Phi) is 5.39. The molecule has 30 heavy (non-hydrogen) atoms. The van der Waals surface area contributed by atoms with Gasteiger partial charge in [0.05, 0.1) is 11.9 Å². The fourth-order valence-electron chi connectivity index (χ4n) is 3.45. The zero-order valence-corrected chi connectivity index (χ0v) is 16.5. The van der Waals surface area contributed by atoms with Crippen molar-refractivity contribution in [3.05, 3.63) is 106 Å². The molecule has 0 fully saturated rings. The number of benzene rings is 3. The van der Waals surface area contributed by atoms with Gasteiger partial charge < -0.3 is 4.90 Å². The molecule has 0 aliphatic heterocycles. The predicted molar refractivity (Wildman–Crippen MR) is 115 cm³/mol. The second kappa shape index (κ2) is 8.29. The van der Waals surface area contributed by atoms with Crippen LogP contribution in [0.4, 0.5) is 10.1 Å². The molecule has 0 unspecified atom stereocenters. The van der Waals surface area contributed by atoms with Crippen molar-refractivity contribution >= 4 is 22.4 Å². The van der Waals surface area contributed by atoms with Gasteiger partial charge in [0, 0.05) is 17.6 Å². The van der Waals surface area contributed by atoms with Gasteiger partial charge in [0.15, 0.2) is 5.69 Å². The van der Waals surface area contributed by atoms with Gasteiger partial charge in [0.1, 0.15) is 5.82 Å². The Morgan fingerprint density at radius 1 is 0.933 bits per heavy atom. The molecule has 0 spiro atoms. The number of nitrogens with zero attached hydrogens (tertiary/aromatic N) is 3. The summed E-state index contributed by atoms with van der Waals surface area (Å²) in [7, 11) is 0. The number of carbonyl (C=O) groups excluding carboxylic acids is 1. The average Bonchev–Trinajstić information content (AvgIpc) is 2.78. The molecule has 0 saturated carbocycles. The topological polar surface area (TPSA) is 55.2 Å².